The van der Waals surface area contributed by atoms with Gasteiger partial charge in [-0.2, -0.15) is 0 Å². The molecule has 7 nitrogen and oxygen atoms in total. The van der Waals surface area contributed by atoms with Crippen molar-refractivity contribution in [2.75, 3.05) is 12.4 Å². The van der Waals surface area contributed by atoms with Crippen molar-refractivity contribution in [3.8, 4) is 0 Å². The predicted molar refractivity (Wildman–Crippen MR) is 74.8 cm³/mol. The third-order valence-electron chi connectivity index (χ3n) is 3.35. The number of pyridine rings is 1. The molecule has 0 spiro atoms. The summed E-state index contributed by atoms with van der Waals surface area (Å²) in [5, 5.41) is 14.1. The summed E-state index contributed by atoms with van der Waals surface area (Å²) in [7, 11) is 1.21. The summed E-state index contributed by atoms with van der Waals surface area (Å²) >= 11 is 0. The van der Waals surface area contributed by atoms with Crippen LogP contribution in [0, 0.1) is 16.0 Å². The SMILES string of the molecule is CCC(C)C(C)Nc1ncc(C(=O)OC)cc1[N+](=O)[O-]. The highest BCUT2D eigenvalue weighted by Gasteiger charge is 2.21. The van der Waals surface area contributed by atoms with Gasteiger partial charge in [0.05, 0.1) is 17.6 Å². The Morgan fingerprint density at radius 3 is 2.70 bits per heavy atom. The molecule has 1 aromatic rings. The number of hydrogen-bond acceptors (Lipinski definition) is 6. The van der Waals surface area contributed by atoms with Crippen LogP contribution in [0.5, 0.6) is 0 Å². The van der Waals surface area contributed by atoms with Crippen molar-refractivity contribution in [3.63, 3.8) is 0 Å². The van der Waals surface area contributed by atoms with Crippen LogP contribution in [0.3, 0.4) is 0 Å². The molecule has 0 aliphatic heterocycles. The van der Waals surface area contributed by atoms with E-state index < -0.39 is 10.9 Å². The van der Waals surface area contributed by atoms with Gasteiger partial charge in [0.25, 0.3) is 0 Å². The molecule has 0 aliphatic rings. The minimum atomic E-state index is -0.651. The molecule has 0 amide bonds. The van der Waals surface area contributed by atoms with E-state index in [-0.39, 0.29) is 23.1 Å². The molecule has 1 aromatic heterocycles. The number of hydrogen-bond donors (Lipinski definition) is 1. The van der Waals surface area contributed by atoms with Gasteiger partial charge < -0.3 is 10.1 Å². The number of aromatic nitrogens is 1. The van der Waals surface area contributed by atoms with E-state index in [1.54, 1.807) is 0 Å². The van der Waals surface area contributed by atoms with E-state index in [1.165, 1.54) is 19.4 Å². The van der Waals surface area contributed by atoms with Crippen LogP contribution in [0.15, 0.2) is 12.3 Å². The summed E-state index contributed by atoms with van der Waals surface area (Å²) in [6, 6.07) is 1.21. The van der Waals surface area contributed by atoms with E-state index in [1.807, 2.05) is 20.8 Å². The molecule has 0 fully saturated rings. The second kappa shape index (κ2) is 6.83. The Bertz CT molecular complexity index is 504. The number of nitrogens with zero attached hydrogens (tertiary/aromatic N) is 2. The van der Waals surface area contributed by atoms with Gasteiger partial charge in [0, 0.05) is 18.3 Å². The van der Waals surface area contributed by atoms with Crippen LogP contribution in [0.2, 0.25) is 0 Å². The lowest BCUT2D eigenvalue weighted by molar-refractivity contribution is -0.384. The second-order valence-electron chi connectivity index (χ2n) is 4.66. The second-order valence-corrected chi connectivity index (χ2v) is 4.66. The molecule has 20 heavy (non-hydrogen) atoms. The monoisotopic (exact) mass is 281 g/mol. The fourth-order valence-corrected chi connectivity index (χ4v) is 1.64. The summed E-state index contributed by atoms with van der Waals surface area (Å²) in [4.78, 5) is 25.9. The van der Waals surface area contributed by atoms with Crippen molar-refractivity contribution in [3.05, 3.63) is 27.9 Å². The first-order chi connectivity index (χ1) is 9.40. The van der Waals surface area contributed by atoms with Crippen LogP contribution in [-0.4, -0.2) is 29.0 Å². The number of anilines is 1. The summed E-state index contributed by atoms with van der Waals surface area (Å²) in [5.74, 6) is -0.144. The van der Waals surface area contributed by atoms with Gasteiger partial charge in [0.15, 0.2) is 0 Å². The minimum absolute atomic E-state index is 0.0372. The summed E-state index contributed by atoms with van der Waals surface area (Å²) in [5.41, 5.74) is -0.177. The highest BCUT2D eigenvalue weighted by atomic mass is 16.6. The van der Waals surface area contributed by atoms with Crippen molar-refractivity contribution in [1.29, 1.82) is 0 Å². The molecule has 0 aromatic carbocycles. The topological polar surface area (TPSA) is 94.4 Å². The van der Waals surface area contributed by atoms with Crippen LogP contribution < -0.4 is 5.32 Å². The molecule has 0 saturated carbocycles. The lowest BCUT2D eigenvalue weighted by atomic mass is 10.0. The minimum Gasteiger partial charge on any atom is -0.465 e. The molecule has 0 bridgehead atoms. The maximum Gasteiger partial charge on any atom is 0.339 e. The van der Waals surface area contributed by atoms with E-state index in [9.17, 15) is 14.9 Å². The third kappa shape index (κ3) is 3.66. The molecule has 0 aliphatic carbocycles. The van der Waals surface area contributed by atoms with E-state index in [4.69, 9.17) is 0 Å². The molecule has 2 atom stereocenters. The average Bonchev–Trinajstić information content (AvgIpc) is 2.45. The molecule has 110 valence electrons. The highest BCUT2D eigenvalue weighted by molar-refractivity contribution is 5.90. The Morgan fingerprint density at radius 2 is 2.20 bits per heavy atom. The number of esters is 1. The van der Waals surface area contributed by atoms with Crippen molar-refractivity contribution < 1.29 is 14.5 Å². The Labute approximate surface area is 117 Å². The first kappa shape index (κ1) is 15.9. The van der Waals surface area contributed by atoms with Crippen LogP contribution in [0.25, 0.3) is 0 Å². The molecule has 1 N–H and O–H groups in total. The standard InChI is InChI=1S/C13H19N3O4/c1-5-8(2)9(3)15-12-11(16(18)19)6-10(7-14-12)13(17)20-4/h6-9H,5H2,1-4H3,(H,14,15). The molecule has 1 rings (SSSR count). The molecule has 7 heteroatoms. The predicted octanol–water partition coefficient (Wildman–Crippen LogP) is 2.62. The van der Waals surface area contributed by atoms with Gasteiger partial charge in [-0.1, -0.05) is 20.3 Å². The Kier molecular flexibility index (Phi) is 5.42. The molecular weight excluding hydrogens is 262 g/mol. The molecular formula is C13H19N3O4. The van der Waals surface area contributed by atoms with Gasteiger partial charge >= 0.3 is 11.7 Å². The average molecular weight is 281 g/mol. The lowest BCUT2D eigenvalue weighted by Gasteiger charge is -2.20. The molecule has 0 saturated heterocycles. The number of carbonyl (C=O) groups excluding carboxylic acids is 1. The maximum absolute atomic E-state index is 11.4. The summed E-state index contributed by atoms with van der Waals surface area (Å²) < 4.78 is 4.53. The number of nitro groups is 1. The van der Waals surface area contributed by atoms with Gasteiger partial charge in [0.2, 0.25) is 5.82 Å². The van der Waals surface area contributed by atoms with Crippen molar-refractivity contribution in [1.82, 2.24) is 4.98 Å². The number of rotatable bonds is 6. The molecule has 1 heterocycles. The molecule has 2 unspecified atom stereocenters. The first-order valence-electron chi connectivity index (χ1n) is 6.40. The highest BCUT2D eigenvalue weighted by Crippen LogP contribution is 2.25. The Morgan fingerprint density at radius 1 is 1.55 bits per heavy atom. The largest absolute Gasteiger partial charge is 0.465 e. The lowest BCUT2D eigenvalue weighted by Crippen LogP contribution is -2.24. The van der Waals surface area contributed by atoms with Gasteiger partial charge in [-0.3, -0.25) is 10.1 Å². The summed E-state index contributed by atoms with van der Waals surface area (Å²) in [6.45, 7) is 6.03. The van der Waals surface area contributed by atoms with Crippen LogP contribution in [0.1, 0.15) is 37.6 Å². The zero-order valence-electron chi connectivity index (χ0n) is 12.0. The fraction of sp³-hybridized carbons (Fsp3) is 0.538. The van der Waals surface area contributed by atoms with Gasteiger partial charge in [0.1, 0.15) is 0 Å². The van der Waals surface area contributed by atoms with Crippen LogP contribution in [-0.2, 0) is 4.74 Å². The molecule has 0 radical (unpaired) electrons. The van der Waals surface area contributed by atoms with Gasteiger partial charge in [-0.15, -0.1) is 0 Å². The van der Waals surface area contributed by atoms with Crippen molar-refractivity contribution in [2.45, 2.75) is 33.2 Å². The summed E-state index contributed by atoms with van der Waals surface area (Å²) in [6.07, 6.45) is 2.21. The van der Waals surface area contributed by atoms with E-state index in [0.717, 1.165) is 6.42 Å². The smallest absolute Gasteiger partial charge is 0.339 e. The fourth-order valence-electron chi connectivity index (χ4n) is 1.64. The van der Waals surface area contributed by atoms with E-state index in [2.05, 4.69) is 15.0 Å². The number of ether oxygens (including phenoxy) is 1. The van der Waals surface area contributed by atoms with Crippen LogP contribution in [0.4, 0.5) is 11.5 Å². The van der Waals surface area contributed by atoms with Crippen LogP contribution >= 0.6 is 0 Å². The number of carbonyl (C=O) groups is 1. The van der Waals surface area contributed by atoms with Gasteiger partial charge in [-0.25, -0.2) is 9.78 Å². The third-order valence-corrected chi connectivity index (χ3v) is 3.35. The van der Waals surface area contributed by atoms with E-state index >= 15 is 0 Å². The van der Waals surface area contributed by atoms with Crippen molar-refractivity contribution >= 4 is 17.5 Å². The van der Waals surface area contributed by atoms with E-state index in [0.29, 0.717) is 5.92 Å². The maximum atomic E-state index is 11.4. The first-order valence-corrected chi connectivity index (χ1v) is 6.40. The zero-order valence-corrected chi connectivity index (χ0v) is 12.0. The van der Waals surface area contributed by atoms with Crippen molar-refractivity contribution in [2.24, 2.45) is 5.92 Å². The Balaban J connectivity index is 3.08. The van der Waals surface area contributed by atoms with Gasteiger partial charge in [-0.05, 0) is 12.8 Å². The number of methoxy groups -OCH3 is 1. The Hall–Kier alpha value is -2.18. The normalized spacial score (nSPS) is 13.4. The number of nitrogens with one attached hydrogen (secondary N) is 1. The zero-order chi connectivity index (χ0) is 15.3. The quantitative estimate of drug-likeness (QED) is 0.489.